The minimum absolute atomic E-state index is 0.186. The van der Waals surface area contributed by atoms with E-state index in [1.54, 1.807) is 0 Å². The number of fused-ring (bicyclic) bond motifs is 1. The van der Waals surface area contributed by atoms with Crippen LogP contribution in [0.3, 0.4) is 0 Å². The van der Waals surface area contributed by atoms with Gasteiger partial charge in [-0.05, 0) is 19.0 Å². The second-order valence-corrected chi connectivity index (χ2v) is 4.01. The third-order valence-electron chi connectivity index (χ3n) is 2.79. The third kappa shape index (κ3) is 1.99. The number of ether oxygens (including phenoxy) is 1. The average Bonchev–Trinajstić information content (AvgIpc) is 2.83. The van der Waals surface area contributed by atoms with Gasteiger partial charge in [0.25, 0.3) is 0 Å². The Balaban J connectivity index is 1.92. The lowest BCUT2D eigenvalue weighted by molar-refractivity contribution is 0.215. The number of nitrogens with two attached hydrogens (primary N) is 1. The fourth-order valence-electron chi connectivity index (χ4n) is 1.91. The molecule has 3 rings (SSSR count). The molecule has 1 atom stereocenters. The summed E-state index contributed by atoms with van der Waals surface area (Å²) in [6, 6.07) is 3.66. The van der Waals surface area contributed by atoms with Crippen LogP contribution in [0.2, 0.25) is 0 Å². The Morgan fingerprint density at radius 2 is 2.29 bits per heavy atom. The number of nitrogen functional groups attached to an aromatic ring is 1. The first-order chi connectivity index (χ1) is 8.33. The highest BCUT2D eigenvalue weighted by molar-refractivity contribution is 5.83. The van der Waals surface area contributed by atoms with Crippen molar-refractivity contribution in [1.29, 1.82) is 0 Å². The highest BCUT2D eigenvalue weighted by Gasteiger charge is 2.16. The summed E-state index contributed by atoms with van der Waals surface area (Å²) in [6.07, 6.45) is 2.62. The number of aromatic nitrogens is 3. The van der Waals surface area contributed by atoms with Crippen molar-refractivity contribution >= 4 is 16.9 Å². The normalized spacial score (nSPS) is 19.6. The van der Waals surface area contributed by atoms with Crippen LogP contribution in [0.25, 0.3) is 11.0 Å². The number of nitrogens with one attached hydrogen (secondary N) is 1. The zero-order valence-corrected chi connectivity index (χ0v) is 9.26. The molecule has 0 amide bonds. The number of hydrogen-bond donors (Lipinski definition) is 2. The summed E-state index contributed by atoms with van der Waals surface area (Å²) in [7, 11) is 0. The van der Waals surface area contributed by atoms with Gasteiger partial charge >= 0.3 is 0 Å². The van der Waals surface area contributed by atoms with Crippen molar-refractivity contribution in [3.8, 4) is 5.88 Å². The van der Waals surface area contributed by atoms with Gasteiger partial charge in [0.05, 0.1) is 5.52 Å². The molecule has 1 saturated heterocycles. The molecule has 1 fully saturated rings. The molecule has 88 valence electrons. The quantitative estimate of drug-likeness (QED) is 0.775. The molecular weight excluding hydrogens is 218 g/mol. The molecule has 0 saturated carbocycles. The predicted octanol–water partition coefficient (Wildman–Crippen LogP) is 0.348. The molecule has 0 spiro atoms. The Bertz CT molecular complexity index is 538. The molecule has 1 aliphatic rings. The molecule has 0 bridgehead atoms. The Morgan fingerprint density at radius 1 is 1.35 bits per heavy atom. The van der Waals surface area contributed by atoms with Gasteiger partial charge in [-0.25, -0.2) is 15.0 Å². The van der Waals surface area contributed by atoms with Gasteiger partial charge in [0.2, 0.25) is 5.88 Å². The zero-order chi connectivity index (χ0) is 11.7. The molecule has 0 radical (unpaired) electrons. The first kappa shape index (κ1) is 10.2. The van der Waals surface area contributed by atoms with Crippen LogP contribution in [0.1, 0.15) is 6.42 Å². The Labute approximate surface area is 98.2 Å². The molecule has 6 nitrogen and oxygen atoms in total. The maximum absolute atomic E-state index is 5.75. The summed E-state index contributed by atoms with van der Waals surface area (Å²) < 4.78 is 5.75. The van der Waals surface area contributed by atoms with Crippen molar-refractivity contribution in [2.75, 3.05) is 18.8 Å². The Morgan fingerprint density at radius 3 is 3.12 bits per heavy atom. The number of pyridine rings is 1. The summed E-state index contributed by atoms with van der Waals surface area (Å²) in [5, 5.41) is 3.24. The Hall–Kier alpha value is -1.95. The standard InChI is InChI=1S/C11H13N5O/c12-11-10-8(14-6-15-11)1-2-9(16-10)17-7-3-4-13-5-7/h1-2,6-7,13H,3-5H2,(H2,12,14,15)/t7-/m0/s1. The van der Waals surface area contributed by atoms with Crippen LogP contribution in [0.4, 0.5) is 5.82 Å². The van der Waals surface area contributed by atoms with Crippen LogP contribution in [-0.2, 0) is 0 Å². The molecule has 3 N–H and O–H groups in total. The fraction of sp³-hybridized carbons (Fsp3) is 0.364. The summed E-state index contributed by atoms with van der Waals surface area (Å²) in [6.45, 7) is 1.85. The summed E-state index contributed by atoms with van der Waals surface area (Å²) in [5.74, 6) is 0.956. The van der Waals surface area contributed by atoms with Gasteiger partial charge in [0.1, 0.15) is 17.9 Å². The van der Waals surface area contributed by atoms with E-state index in [1.165, 1.54) is 6.33 Å². The van der Waals surface area contributed by atoms with E-state index in [2.05, 4.69) is 20.3 Å². The smallest absolute Gasteiger partial charge is 0.214 e. The van der Waals surface area contributed by atoms with Crippen LogP contribution < -0.4 is 15.8 Å². The molecule has 3 heterocycles. The first-order valence-corrected chi connectivity index (χ1v) is 5.57. The molecular formula is C11H13N5O. The zero-order valence-electron chi connectivity index (χ0n) is 9.26. The second-order valence-electron chi connectivity index (χ2n) is 4.01. The monoisotopic (exact) mass is 231 g/mol. The van der Waals surface area contributed by atoms with Crippen molar-refractivity contribution in [2.45, 2.75) is 12.5 Å². The molecule has 0 unspecified atom stereocenters. The second kappa shape index (κ2) is 4.14. The molecule has 1 aliphatic heterocycles. The lowest BCUT2D eigenvalue weighted by atomic mass is 10.3. The van der Waals surface area contributed by atoms with Gasteiger partial charge in [-0.1, -0.05) is 0 Å². The molecule has 6 heteroatoms. The largest absolute Gasteiger partial charge is 0.473 e. The highest BCUT2D eigenvalue weighted by Crippen LogP contribution is 2.19. The van der Waals surface area contributed by atoms with Gasteiger partial charge in [-0.2, -0.15) is 0 Å². The number of hydrogen-bond acceptors (Lipinski definition) is 6. The van der Waals surface area contributed by atoms with Gasteiger partial charge in [0, 0.05) is 12.6 Å². The number of anilines is 1. The Kier molecular flexibility index (Phi) is 2.49. The molecule has 0 aliphatic carbocycles. The van der Waals surface area contributed by atoms with E-state index in [9.17, 15) is 0 Å². The van der Waals surface area contributed by atoms with Crippen LogP contribution in [0, 0.1) is 0 Å². The predicted molar refractivity (Wildman–Crippen MR) is 63.6 cm³/mol. The summed E-state index contributed by atoms with van der Waals surface area (Å²) in [5.41, 5.74) is 7.08. The summed E-state index contributed by atoms with van der Waals surface area (Å²) >= 11 is 0. The average molecular weight is 231 g/mol. The van der Waals surface area contributed by atoms with Crippen molar-refractivity contribution in [3.05, 3.63) is 18.5 Å². The fourth-order valence-corrected chi connectivity index (χ4v) is 1.91. The molecule has 0 aromatic carbocycles. The first-order valence-electron chi connectivity index (χ1n) is 5.57. The van der Waals surface area contributed by atoms with Crippen LogP contribution in [-0.4, -0.2) is 34.1 Å². The lowest BCUT2D eigenvalue weighted by Crippen LogP contribution is -2.20. The minimum atomic E-state index is 0.186. The SMILES string of the molecule is Nc1ncnc2ccc(O[C@H]3CCNC3)nc12. The van der Waals surface area contributed by atoms with E-state index in [1.807, 2.05) is 12.1 Å². The number of nitrogens with zero attached hydrogens (tertiary/aromatic N) is 3. The molecule has 2 aromatic rings. The van der Waals surface area contributed by atoms with E-state index < -0.39 is 0 Å². The van der Waals surface area contributed by atoms with Gasteiger partial charge < -0.3 is 15.8 Å². The lowest BCUT2D eigenvalue weighted by Gasteiger charge is -2.11. The van der Waals surface area contributed by atoms with Gasteiger partial charge in [-0.3, -0.25) is 0 Å². The van der Waals surface area contributed by atoms with Crippen LogP contribution >= 0.6 is 0 Å². The maximum Gasteiger partial charge on any atom is 0.214 e. The minimum Gasteiger partial charge on any atom is -0.473 e. The van der Waals surface area contributed by atoms with E-state index in [-0.39, 0.29) is 6.10 Å². The van der Waals surface area contributed by atoms with Crippen LogP contribution in [0.5, 0.6) is 5.88 Å². The molecule has 17 heavy (non-hydrogen) atoms. The number of rotatable bonds is 2. The highest BCUT2D eigenvalue weighted by atomic mass is 16.5. The molecule has 2 aromatic heterocycles. The topological polar surface area (TPSA) is 86.0 Å². The van der Waals surface area contributed by atoms with Gasteiger partial charge in [0.15, 0.2) is 5.82 Å². The van der Waals surface area contributed by atoms with E-state index in [0.29, 0.717) is 17.2 Å². The van der Waals surface area contributed by atoms with E-state index in [4.69, 9.17) is 10.5 Å². The van der Waals surface area contributed by atoms with E-state index >= 15 is 0 Å². The summed E-state index contributed by atoms with van der Waals surface area (Å²) in [4.78, 5) is 12.3. The van der Waals surface area contributed by atoms with Crippen molar-refractivity contribution in [2.24, 2.45) is 0 Å². The van der Waals surface area contributed by atoms with Crippen molar-refractivity contribution < 1.29 is 4.74 Å². The third-order valence-corrected chi connectivity index (χ3v) is 2.79. The van der Waals surface area contributed by atoms with Crippen molar-refractivity contribution in [3.63, 3.8) is 0 Å². The van der Waals surface area contributed by atoms with Crippen LogP contribution in [0.15, 0.2) is 18.5 Å². The van der Waals surface area contributed by atoms with Crippen molar-refractivity contribution in [1.82, 2.24) is 20.3 Å². The van der Waals surface area contributed by atoms with E-state index in [0.717, 1.165) is 25.0 Å². The van der Waals surface area contributed by atoms with Gasteiger partial charge in [-0.15, -0.1) is 0 Å². The maximum atomic E-state index is 5.75.